The van der Waals surface area contributed by atoms with Crippen LogP contribution >= 0.6 is 0 Å². The topological polar surface area (TPSA) is 146 Å². The molecule has 1 aromatic heterocycles. The second-order valence-corrected chi connectivity index (χ2v) is 16.5. The Kier molecular flexibility index (Phi) is 12.0. The van der Waals surface area contributed by atoms with Crippen LogP contribution in [0.1, 0.15) is 88.5 Å². The van der Waals surface area contributed by atoms with E-state index < -0.39 is 11.9 Å². The van der Waals surface area contributed by atoms with Crippen LogP contribution in [-0.4, -0.2) is 96.1 Å². The van der Waals surface area contributed by atoms with Crippen molar-refractivity contribution in [2.75, 3.05) is 54.5 Å². The Hall–Kier alpha value is -4.69. The molecule has 2 saturated carbocycles. The molecular formula is C43H54F2N8O4. The number of halogens is 2. The minimum absolute atomic E-state index is 0.118. The molecule has 3 aliphatic heterocycles. The minimum Gasteiger partial charge on any atom is -0.378 e. The number of nitrogens with two attached hydrogens (primary N) is 1. The van der Waals surface area contributed by atoms with Crippen LogP contribution in [-0.2, 0) is 19.1 Å². The fraction of sp³-hybridized carbons (Fsp3) is 0.558. The number of piperidine rings is 2. The van der Waals surface area contributed by atoms with Crippen LogP contribution < -0.4 is 26.2 Å². The second-order valence-electron chi connectivity index (χ2n) is 16.5. The van der Waals surface area contributed by atoms with Gasteiger partial charge >= 0.3 is 0 Å². The molecule has 304 valence electrons. The van der Waals surface area contributed by atoms with Crippen molar-refractivity contribution in [3.63, 3.8) is 0 Å². The standard InChI is InChI=1S/C43H54F2N8O4/c44-36-25-30(48-38-14-15-39(54)49-42(38)56)6-13-35(36)27-16-18-51(19-17-27)31-9-11-33(12-10-31)53(32-7-4-28(5-8-32)41(46)55)43-47-26-37(45)40(50-43)29-2-1-3-34(24-29)52-20-22-57-23-21-52/h1-3,6,13,24-28,31-33,38,48H,4-5,7-12,14-23H2,(H2,46,55)(H,49,54,56). The van der Waals surface area contributed by atoms with Crippen LogP contribution in [0.5, 0.6) is 0 Å². The van der Waals surface area contributed by atoms with E-state index in [0.717, 1.165) is 96.1 Å². The number of imide groups is 1. The monoisotopic (exact) mass is 784 g/mol. The first-order valence-electron chi connectivity index (χ1n) is 20.9. The molecule has 5 aliphatic rings. The molecular weight excluding hydrogens is 731 g/mol. The molecule has 3 amide bonds. The fourth-order valence-corrected chi connectivity index (χ4v) is 9.88. The van der Waals surface area contributed by atoms with Gasteiger partial charge < -0.3 is 30.5 Å². The zero-order valence-electron chi connectivity index (χ0n) is 32.5. The number of carbonyl (C=O) groups excluding carboxylic acids is 3. The first-order chi connectivity index (χ1) is 27.7. The summed E-state index contributed by atoms with van der Waals surface area (Å²) in [6.45, 7) is 4.67. The maximum atomic E-state index is 15.6. The van der Waals surface area contributed by atoms with Crippen LogP contribution in [0.3, 0.4) is 0 Å². The molecule has 12 nitrogen and oxygen atoms in total. The number of likely N-dealkylation sites (tertiary alicyclic amines) is 1. The normalized spacial score (nSPS) is 26.5. The van der Waals surface area contributed by atoms with E-state index in [4.69, 9.17) is 15.5 Å². The minimum atomic E-state index is -0.556. The highest BCUT2D eigenvalue weighted by Crippen LogP contribution is 2.39. The van der Waals surface area contributed by atoms with Gasteiger partial charge in [-0.05, 0) is 119 Å². The number of nitrogens with one attached hydrogen (secondary N) is 2. The van der Waals surface area contributed by atoms with E-state index in [-0.39, 0.29) is 53.9 Å². The van der Waals surface area contributed by atoms with Crippen molar-refractivity contribution in [1.82, 2.24) is 20.2 Å². The van der Waals surface area contributed by atoms with Crippen molar-refractivity contribution in [1.29, 1.82) is 0 Å². The van der Waals surface area contributed by atoms with Gasteiger partial charge in [-0.2, -0.15) is 0 Å². The number of hydrogen-bond donors (Lipinski definition) is 3. The first-order valence-corrected chi connectivity index (χ1v) is 20.9. The highest BCUT2D eigenvalue weighted by atomic mass is 19.1. The smallest absolute Gasteiger partial charge is 0.249 e. The van der Waals surface area contributed by atoms with E-state index in [1.807, 2.05) is 36.4 Å². The van der Waals surface area contributed by atoms with Gasteiger partial charge in [-0.25, -0.2) is 18.7 Å². The van der Waals surface area contributed by atoms with Crippen molar-refractivity contribution in [3.05, 3.63) is 65.9 Å². The van der Waals surface area contributed by atoms with E-state index in [2.05, 4.69) is 30.3 Å². The van der Waals surface area contributed by atoms with Crippen LogP contribution in [0.4, 0.5) is 26.1 Å². The molecule has 2 aliphatic carbocycles. The summed E-state index contributed by atoms with van der Waals surface area (Å²) in [5, 5.41) is 5.42. The first kappa shape index (κ1) is 39.2. The summed E-state index contributed by atoms with van der Waals surface area (Å²) in [7, 11) is 0. The molecule has 3 aromatic rings. The number of aromatic nitrogens is 2. The number of hydrogen-bond acceptors (Lipinski definition) is 10. The van der Waals surface area contributed by atoms with Crippen molar-refractivity contribution < 1.29 is 27.9 Å². The number of benzene rings is 2. The van der Waals surface area contributed by atoms with Crippen molar-refractivity contribution >= 4 is 35.0 Å². The summed E-state index contributed by atoms with van der Waals surface area (Å²) < 4.78 is 36.6. The summed E-state index contributed by atoms with van der Waals surface area (Å²) in [5.74, 6) is -1.10. The summed E-state index contributed by atoms with van der Waals surface area (Å²) in [4.78, 5) is 52.5. The molecule has 3 saturated heterocycles. The predicted molar refractivity (Wildman–Crippen MR) is 214 cm³/mol. The third kappa shape index (κ3) is 8.91. The maximum Gasteiger partial charge on any atom is 0.249 e. The SMILES string of the molecule is NC(=O)C1CCC(N(c2ncc(F)c(-c3cccc(N4CCOCC4)c3)n2)C2CCC(N3CCC(c4ccc(NC5CCC(=O)NC5=O)cc4F)CC3)CC2)CC1. The number of anilines is 3. The average molecular weight is 785 g/mol. The molecule has 2 aromatic carbocycles. The van der Waals surface area contributed by atoms with Gasteiger partial charge in [0.25, 0.3) is 0 Å². The number of amides is 3. The highest BCUT2D eigenvalue weighted by Gasteiger charge is 2.38. The Morgan fingerprint density at radius 2 is 1.58 bits per heavy atom. The lowest BCUT2D eigenvalue weighted by molar-refractivity contribution is -0.133. The molecule has 4 N–H and O–H groups in total. The van der Waals surface area contributed by atoms with E-state index in [9.17, 15) is 14.4 Å². The maximum absolute atomic E-state index is 15.6. The molecule has 0 spiro atoms. The van der Waals surface area contributed by atoms with Crippen molar-refractivity contribution in [2.45, 2.75) is 107 Å². The zero-order chi connectivity index (χ0) is 39.5. The number of rotatable bonds is 10. The van der Waals surface area contributed by atoms with E-state index in [0.29, 0.717) is 54.1 Å². The van der Waals surface area contributed by atoms with Crippen LogP contribution in [0.15, 0.2) is 48.7 Å². The van der Waals surface area contributed by atoms with E-state index in [1.54, 1.807) is 0 Å². The molecule has 14 heteroatoms. The average Bonchev–Trinajstić information content (AvgIpc) is 3.23. The third-order valence-electron chi connectivity index (χ3n) is 13.1. The van der Waals surface area contributed by atoms with Gasteiger partial charge in [0.05, 0.1) is 19.4 Å². The molecule has 5 fully saturated rings. The quantitative estimate of drug-likeness (QED) is 0.225. The number of nitrogens with zero attached hydrogens (tertiary/aromatic N) is 5. The third-order valence-corrected chi connectivity index (χ3v) is 13.1. The molecule has 8 rings (SSSR count). The van der Waals surface area contributed by atoms with Gasteiger partial charge in [-0.15, -0.1) is 0 Å². The zero-order valence-corrected chi connectivity index (χ0v) is 32.5. The summed E-state index contributed by atoms with van der Waals surface area (Å²) >= 11 is 0. The van der Waals surface area contributed by atoms with E-state index >= 15 is 8.78 Å². The molecule has 1 atom stereocenters. The molecule has 4 heterocycles. The Morgan fingerprint density at radius 1 is 0.860 bits per heavy atom. The predicted octanol–water partition coefficient (Wildman–Crippen LogP) is 5.52. The molecule has 0 radical (unpaired) electrons. The molecule has 1 unspecified atom stereocenters. The van der Waals surface area contributed by atoms with Gasteiger partial charge in [0.15, 0.2) is 5.82 Å². The largest absolute Gasteiger partial charge is 0.378 e. The van der Waals surface area contributed by atoms with Gasteiger partial charge in [-0.1, -0.05) is 18.2 Å². The summed E-state index contributed by atoms with van der Waals surface area (Å²) in [6.07, 6.45) is 10.6. The van der Waals surface area contributed by atoms with Crippen molar-refractivity contribution in [3.8, 4) is 11.3 Å². The number of morpholine rings is 1. The van der Waals surface area contributed by atoms with E-state index in [1.165, 1.54) is 12.3 Å². The lowest BCUT2D eigenvalue weighted by atomic mass is 9.82. The fourth-order valence-electron chi connectivity index (χ4n) is 9.88. The van der Waals surface area contributed by atoms with Crippen LogP contribution in [0, 0.1) is 17.6 Å². The number of carbonyl (C=O) groups is 3. The lowest BCUT2D eigenvalue weighted by Crippen LogP contribution is -2.51. The van der Waals surface area contributed by atoms with Gasteiger partial charge in [0, 0.05) is 60.5 Å². The van der Waals surface area contributed by atoms with Gasteiger partial charge in [-0.3, -0.25) is 19.7 Å². The Morgan fingerprint density at radius 3 is 2.26 bits per heavy atom. The molecule has 57 heavy (non-hydrogen) atoms. The van der Waals surface area contributed by atoms with Gasteiger partial charge in [0.2, 0.25) is 23.7 Å². The van der Waals surface area contributed by atoms with Crippen LogP contribution in [0.2, 0.25) is 0 Å². The number of ether oxygens (including phenoxy) is 1. The summed E-state index contributed by atoms with van der Waals surface area (Å²) in [6, 6.07) is 13.2. The Labute approximate surface area is 332 Å². The molecule has 0 bridgehead atoms. The lowest BCUT2D eigenvalue weighted by Gasteiger charge is -2.46. The Bertz CT molecular complexity index is 1920. The summed E-state index contributed by atoms with van der Waals surface area (Å²) in [5.41, 5.74) is 8.98. The number of primary amides is 1. The van der Waals surface area contributed by atoms with Crippen molar-refractivity contribution in [2.24, 2.45) is 11.7 Å². The van der Waals surface area contributed by atoms with Crippen LogP contribution in [0.25, 0.3) is 11.3 Å². The van der Waals surface area contributed by atoms with Gasteiger partial charge in [0.1, 0.15) is 17.6 Å². The highest BCUT2D eigenvalue weighted by molar-refractivity contribution is 6.01. The Balaban J connectivity index is 0.923. The second kappa shape index (κ2) is 17.4.